The summed E-state index contributed by atoms with van der Waals surface area (Å²) in [6.07, 6.45) is 2.34. The molecule has 0 radical (unpaired) electrons. The van der Waals surface area contributed by atoms with E-state index < -0.39 is 0 Å². The summed E-state index contributed by atoms with van der Waals surface area (Å²) in [5.74, 6) is 1.06. The summed E-state index contributed by atoms with van der Waals surface area (Å²) in [5.41, 5.74) is 1.75. The van der Waals surface area contributed by atoms with E-state index in [4.69, 9.17) is 9.47 Å². The van der Waals surface area contributed by atoms with Gasteiger partial charge in [-0.05, 0) is 24.1 Å². The summed E-state index contributed by atoms with van der Waals surface area (Å²) in [6, 6.07) is 5.07. The van der Waals surface area contributed by atoms with Gasteiger partial charge in [-0.15, -0.1) is 0 Å². The number of aliphatic hydroxyl groups excluding tert-OH is 1. The summed E-state index contributed by atoms with van der Waals surface area (Å²) < 4.78 is 10.5. The van der Waals surface area contributed by atoms with Crippen LogP contribution in [0.3, 0.4) is 0 Å². The van der Waals surface area contributed by atoms with Gasteiger partial charge in [0.05, 0.1) is 44.3 Å². The maximum absolute atomic E-state index is 12.6. The van der Waals surface area contributed by atoms with E-state index in [1.165, 1.54) is 6.20 Å². The number of methoxy groups -OCH3 is 2. The topological polar surface area (TPSA) is 96.5 Å². The van der Waals surface area contributed by atoms with Crippen molar-refractivity contribution in [3.63, 3.8) is 0 Å². The molecule has 0 fully saturated rings. The second-order valence-electron chi connectivity index (χ2n) is 5.88. The van der Waals surface area contributed by atoms with Crippen molar-refractivity contribution >= 4 is 5.91 Å². The standard InChI is InChI=1S/C18H25N3O4/c1-5-11(2)14(10-22)20-18(23)13-9-19-21-17(13)12-6-7-15(24-3)16(8-12)25-4/h6-9,11,14,22H,5,10H2,1-4H3,(H,19,21)(H,20,23)/t11-,14-/m0/s1. The molecule has 0 aliphatic rings. The smallest absolute Gasteiger partial charge is 0.255 e. The first-order valence-corrected chi connectivity index (χ1v) is 8.23. The number of benzene rings is 1. The molecular weight excluding hydrogens is 322 g/mol. The van der Waals surface area contributed by atoms with Gasteiger partial charge in [-0.3, -0.25) is 9.89 Å². The van der Waals surface area contributed by atoms with Crippen LogP contribution < -0.4 is 14.8 Å². The second kappa shape index (κ2) is 8.53. The molecule has 2 atom stereocenters. The molecule has 7 heteroatoms. The lowest BCUT2D eigenvalue weighted by Gasteiger charge is -2.22. The molecule has 136 valence electrons. The zero-order valence-corrected chi connectivity index (χ0v) is 15.0. The van der Waals surface area contributed by atoms with Gasteiger partial charge in [-0.2, -0.15) is 5.10 Å². The Balaban J connectivity index is 2.29. The molecule has 0 spiro atoms. The van der Waals surface area contributed by atoms with Gasteiger partial charge in [0.25, 0.3) is 5.91 Å². The van der Waals surface area contributed by atoms with Gasteiger partial charge < -0.3 is 19.9 Å². The quantitative estimate of drug-likeness (QED) is 0.680. The summed E-state index contributed by atoms with van der Waals surface area (Å²) in [4.78, 5) is 12.6. The van der Waals surface area contributed by atoms with Crippen LogP contribution in [0.15, 0.2) is 24.4 Å². The summed E-state index contributed by atoms with van der Waals surface area (Å²) in [5, 5.41) is 19.2. The molecule has 1 aromatic heterocycles. The van der Waals surface area contributed by atoms with Gasteiger partial charge in [-0.1, -0.05) is 20.3 Å². The molecule has 3 N–H and O–H groups in total. The molecule has 1 aromatic carbocycles. The molecule has 2 rings (SSSR count). The highest BCUT2D eigenvalue weighted by Gasteiger charge is 2.22. The number of ether oxygens (including phenoxy) is 2. The largest absolute Gasteiger partial charge is 0.493 e. The summed E-state index contributed by atoms with van der Waals surface area (Å²) >= 11 is 0. The Morgan fingerprint density at radius 2 is 2.04 bits per heavy atom. The van der Waals surface area contributed by atoms with Crippen LogP contribution in [-0.4, -0.2) is 48.1 Å². The van der Waals surface area contributed by atoms with E-state index in [0.29, 0.717) is 22.8 Å². The maximum atomic E-state index is 12.6. The Kier molecular flexibility index (Phi) is 6.41. The Hall–Kier alpha value is -2.54. The predicted octanol–water partition coefficient (Wildman–Crippen LogP) is 2.23. The van der Waals surface area contributed by atoms with E-state index in [-0.39, 0.29) is 24.5 Å². The van der Waals surface area contributed by atoms with Crippen molar-refractivity contribution in [3.8, 4) is 22.8 Å². The minimum absolute atomic E-state index is 0.107. The van der Waals surface area contributed by atoms with Gasteiger partial charge >= 0.3 is 0 Å². The van der Waals surface area contributed by atoms with Crippen molar-refractivity contribution < 1.29 is 19.4 Å². The molecule has 0 saturated carbocycles. The van der Waals surface area contributed by atoms with E-state index in [1.54, 1.807) is 26.4 Å². The Morgan fingerprint density at radius 3 is 2.64 bits per heavy atom. The van der Waals surface area contributed by atoms with Crippen LogP contribution in [-0.2, 0) is 0 Å². The number of nitrogens with one attached hydrogen (secondary N) is 2. The van der Waals surface area contributed by atoms with E-state index in [9.17, 15) is 9.90 Å². The SMILES string of the molecule is CC[C@H](C)[C@H](CO)NC(=O)c1cn[nH]c1-c1ccc(OC)c(OC)c1. The molecule has 1 amide bonds. The molecule has 0 unspecified atom stereocenters. The van der Waals surface area contributed by atoms with Crippen molar-refractivity contribution in [1.29, 1.82) is 0 Å². The first-order chi connectivity index (χ1) is 12.0. The summed E-state index contributed by atoms with van der Waals surface area (Å²) in [7, 11) is 3.12. The molecule has 0 aliphatic heterocycles. The number of hydrogen-bond acceptors (Lipinski definition) is 5. The second-order valence-corrected chi connectivity index (χ2v) is 5.88. The van der Waals surface area contributed by atoms with Crippen LogP contribution in [0, 0.1) is 5.92 Å². The number of H-pyrrole nitrogens is 1. The fourth-order valence-electron chi connectivity index (χ4n) is 2.57. The first kappa shape index (κ1) is 18.8. The molecule has 0 bridgehead atoms. The molecular formula is C18H25N3O4. The van der Waals surface area contributed by atoms with Crippen LogP contribution >= 0.6 is 0 Å². The number of carbonyl (C=O) groups excluding carboxylic acids is 1. The summed E-state index contributed by atoms with van der Waals surface area (Å²) in [6.45, 7) is 3.91. The highest BCUT2D eigenvalue weighted by Crippen LogP contribution is 2.32. The Labute approximate surface area is 147 Å². The van der Waals surface area contributed by atoms with Crippen LogP contribution in [0.5, 0.6) is 11.5 Å². The number of nitrogens with zero attached hydrogens (tertiary/aromatic N) is 1. The fourth-order valence-corrected chi connectivity index (χ4v) is 2.57. The van der Waals surface area contributed by atoms with Crippen LogP contribution in [0.4, 0.5) is 0 Å². The number of aromatic amines is 1. The molecule has 7 nitrogen and oxygen atoms in total. The molecule has 25 heavy (non-hydrogen) atoms. The number of amides is 1. The zero-order chi connectivity index (χ0) is 18.4. The molecule has 0 aliphatic carbocycles. The van der Waals surface area contributed by atoms with Gasteiger partial charge in [-0.25, -0.2) is 0 Å². The van der Waals surface area contributed by atoms with Crippen LogP contribution in [0.2, 0.25) is 0 Å². The third kappa shape index (κ3) is 4.11. The van der Waals surface area contributed by atoms with E-state index in [2.05, 4.69) is 15.5 Å². The number of rotatable bonds is 8. The number of hydrogen-bond donors (Lipinski definition) is 3. The van der Waals surface area contributed by atoms with Crippen molar-refractivity contribution in [2.45, 2.75) is 26.3 Å². The number of aromatic nitrogens is 2. The maximum Gasteiger partial charge on any atom is 0.255 e. The Morgan fingerprint density at radius 1 is 1.32 bits per heavy atom. The lowest BCUT2D eigenvalue weighted by molar-refractivity contribution is 0.0892. The van der Waals surface area contributed by atoms with E-state index in [1.807, 2.05) is 19.9 Å². The first-order valence-electron chi connectivity index (χ1n) is 8.23. The van der Waals surface area contributed by atoms with Crippen LogP contribution in [0.25, 0.3) is 11.3 Å². The van der Waals surface area contributed by atoms with Crippen molar-refractivity contribution in [3.05, 3.63) is 30.0 Å². The highest BCUT2D eigenvalue weighted by atomic mass is 16.5. The minimum atomic E-state index is -0.300. The third-order valence-electron chi connectivity index (χ3n) is 4.40. The van der Waals surface area contributed by atoms with Gasteiger partial charge in [0.15, 0.2) is 11.5 Å². The average molecular weight is 347 g/mol. The van der Waals surface area contributed by atoms with Crippen molar-refractivity contribution in [2.75, 3.05) is 20.8 Å². The Bertz CT molecular complexity index is 714. The van der Waals surface area contributed by atoms with Crippen LogP contribution in [0.1, 0.15) is 30.6 Å². The van der Waals surface area contributed by atoms with Gasteiger partial charge in [0, 0.05) is 5.56 Å². The zero-order valence-electron chi connectivity index (χ0n) is 15.0. The number of carbonyl (C=O) groups is 1. The van der Waals surface area contributed by atoms with E-state index in [0.717, 1.165) is 12.0 Å². The lowest BCUT2D eigenvalue weighted by Crippen LogP contribution is -2.41. The van der Waals surface area contributed by atoms with Gasteiger partial charge in [0.1, 0.15) is 0 Å². The molecule has 2 aromatic rings. The monoisotopic (exact) mass is 347 g/mol. The minimum Gasteiger partial charge on any atom is -0.493 e. The molecule has 0 saturated heterocycles. The number of aliphatic hydroxyl groups is 1. The average Bonchev–Trinajstić information content (AvgIpc) is 3.14. The fraction of sp³-hybridized carbons (Fsp3) is 0.444. The normalized spacial score (nSPS) is 13.2. The van der Waals surface area contributed by atoms with Gasteiger partial charge in [0.2, 0.25) is 0 Å². The molecule has 1 heterocycles. The van der Waals surface area contributed by atoms with Crippen molar-refractivity contribution in [1.82, 2.24) is 15.5 Å². The third-order valence-corrected chi connectivity index (χ3v) is 4.40. The van der Waals surface area contributed by atoms with Crippen molar-refractivity contribution in [2.24, 2.45) is 5.92 Å². The lowest BCUT2D eigenvalue weighted by atomic mass is 9.99. The predicted molar refractivity (Wildman–Crippen MR) is 94.9 cm³/mol. The van der Waals surface area contributed by atoms with E-state index >= 15 is 0 Å². The highest BCUT2D eigenvalue weighted by molar-refractivity contribution is 6.00.